The minimum atomic E-state index is -3.72. The number of aliphatic carboxylic acids is 1. The molecule has 0 unspecified atom stereocenters. The lowest BCUT2D eigenvalue weighted by molar-refractivity contribution is -0.133. The van der Waals surface area contributed by atoms with E-state index in [1.807, 2.05) is 0 Å². The molecule has 0 saturated heterocycles. The van der Waals surface area contributed by atoms with E-state index in [1.165, 1.54) is 4.31 Å². The van der Waals surface area contributed by atoms with E-state index in [-0.39, 0.29) is 12.0 Å². The molecule has 0 bridgehead atoms. The number of rotatable bonds is 4. The maximum atomic E-state index is 12.7. The summed E-state index contributed by atoms with van der Waals surface area (Å²) in [4.78, 5) is 11.8. The van der Waals surface area contributed by atoms with Crippen LogP contribution in [0.3, 0.4) is 0 Å². The number of benzene rings is 2. The van der Waals surface area contributed by atoms with Gasteiger partial charge in [0, 0.05) is 9.50 Å². The summed E-state index contributed by atoms with van der Waals surface area (Å²) in [6.07, 6.45) is 2.98. The number of hydrogen-bond acceptors (Lipinski definition) is 3. The van der Waals surface area contributed by atoms with Crippen molar-refractivity contribution in [2.24, 2.45) is 0 Å². The number of hydrogen-bond donors (Lipinski definition) is 1. The first-order valence-corrected chi connectivity index (χ1v) is 11.1. The summed E-state index contributed by atoms with van der Waals surface area (Å²) < 4.78 is 27.6. The first-order valence-electron chi connectivity index (χ1n) is 8.11. The Kier molecular flexibility index (Phi) is 5.76. The number of nitrogens with zero attached hydrogens (tertiary/aromatic N) is 1. The maximum absolute atomic E-state index is 12.7. The van der Waals surface area contributed by atoms with Crippen LogP contribution < -0.4 is 0 Å². The zero-order valence-electron chi connectivity index (χ0n) is 14.3. The number of halogens is 2. The van der Waals surface area contributed by atoms with Gasteiger partial charge in [0.25, 0.3) is 0 Å². The Bertz CT molecular complexity index is 987. The lowest BCUT2D eigenvalue weighted by Crippen LogP contribution is -2.41. The number of carbonyl (C=O) groups is 1. The average molecular weight is 471 g/mol. The Balaban J connectivity index is 2.19. The molecule has 0 radical (unpaired) electrons. The van der Waals surface area contributed by atoms with Crippen LogP contribution in [0.5, 0.6) is 0 Å². The predicted octanol–water partition coefficient (Wildman–Crippen LogP) is 4.56. The van der Waals surface area contributed by atoms with E-state index < -0.39 is 28.1 Å². The molecule has 0 spiro atoms. The maximum Gasteiger partial charge on any atom is 0.333 e. The molecule has 142 valence electrons. The zero-order valence-corrected chi connectivity index (χ0v) is 17.5. The molecule has 0 aliphatic carbocycles. The number of sulfonamides is 1. The van der Waals surface area contributed by atoms with Crippen LogP contribution in [0.1, 0.15) is 29.6 Å². The number of carboxylic acid groups (broad SMARTS) is 1. The van der Waals surface area contributed by atoms with Gasteiger partial charge in [0.1, 0.15) is 0 Å². The zero-order chi connectivity index (χ0) is 19.8. The molecule has 2 aromatic carbocycles. The van der Waals surface area contributed by atoms with E-state index in [0.29, 0.717) is 10.6 Å². The van der Waals surface area contributed by atoms with E-state index in [0.717, 1.165) is 16.3 Å². The molecule has 1 aliphatic rings. The highest BCUT2D eigenvalue weighted by Crippen LogP contribution is 2.44. The molecule has 0 fully saturated rings. The van der Waals surface area contributed by atoms with Gasteiger partial charge in [-0.05, 0) is 41.8 Å². The van der Waals surface area contributed by atoms with Crippen LogP contribution >= 0.6 is 27.5 Å². The summed E-state index contributed by atoms with van der Waals surface area (Å²) in [5.41, 5.74) is 1.40. The smallest absolute Gasteiger partial charge is 0.333 e. The van der Waals surface area contributed by atoms with Crippen LogP contribution in [0, 0.1) is 0 Å². The van der Waals surface area contributed by atoms with Gasteiger partial charge in [-0.3, -0.25) is 0 Å². The summed E-state index contributed by atoms with van der Waals surface area (Å²) in [7, 11) is -3.72. The van der Waals surface area contributed by atoms with Crippen molar-refractivity contribution in [1.82, 2.24) is 4.31 Å². The van der Waals surface area contributed by atoms with E-state index in [1.54, 1.807) is 54.6 Å². The largest absolute Gasteiger partial charge is 0.478 e. The summed E-state index contributed by atoms with van der Waals surface area (Å²) in [6.45, 7) is 0. The van der Waals surface area contributed by atoms with Crippen LogP contribution in [-0.2, 0) is 14.8 Å². The van der Waals surface area contributed by atoms with Gasteiger partial charge in [-0.1, -0.05) is 57.9 Å². The van der Waals surface area contributed by atoms with Gasteiger partial charge in [0.15, 0.2) is 0 Å². The quantitative estimate of drug-likeness (QED) is 0.711. The molecule has 0 aromatic heterocycles. The van der Waals surface area contributed by atoms with Crippen molar-refractivity contribution in [3.8, 4) is 0 Å². The minimum Gasteiger partial charge on any atom is -0.478 e. The third-order valence-electron chi connectivity index (χ3n) is 4.49. The molecular formula is C19H17BrClNO4S. The Labute approximate surface area is 171 Å². The van der Waals surface area contributed by atoms with E-state index in [9.17, 15) is 18.3 Å². The first kappa shape index (κ1) is 20.1. The lowest BCUT2D eigenvalue weighted by Gasteiger charge is -2.40. The van der Waals surface area contributed by atoms with Crippen LogP contribution in [-0.4, -0.2) is 30.1 Å². The summed E-state index contributed by atoms with van der Waals surface area (Å²) in [6, 6.07) is 12.5. The number of carboxylic acids is 1. The molecular weight excluding hydrogens is 454 g/mol. The molecule has 5 nitrogen and oxygen atoms in total. The molecule has 0 saturated carbocycles. The van der Waals surface area contributed by atoms with E-state index in [2.05, 4.69) is 15.9 Å². The van der Waals surface area contributed by atoms with Crippen molar-refractivity contribution in [3.63, 3.8) is 0 Å². The summed E-state index contributed by atoms with van der Waals surface area (Å²) >= 11 is 9.30. The lowest BCUT2D eigenvalue weighted by atomic mass is 9.89. The van der Waals surface area contributed by atoms with Gasteiger partial charge in [-0.15, -0.1) is 0 Å². The normalized spacial score (nSPS) is 20.9. The van der Waals surface area contributed by atoms with Crippen molar-refractivity contribution in [2.45, 2.75) is 18.5 Å². The van der Waals surface area contributed by atoms with Crippen LogP contribution in [0.4, 0.5) is 0 Å². The fourth-order valence-corrected chi connectivity index (χ4v) is 5.02. The third kappa shape index (κ3) is 4.27. The second kappa shape index (κ2) is 7.75. The molecule has 2 aromatic rings. The van der Waals surface area contributed by atoms with Crippen molar-refractivity contribution < 1.29 is 18.3 Å². The van der Waals surface area contributed by atoms with Crippen molar-refractivity contribution in [2.75, 3.05) is 6.26 Å². The topological polar surface area (TPSA) is 74.7 Å². The predicted molar refractivity (Wildman–Crippen MR) is 108 cm³/mol. The Hall–Kier alpha value is -1.67. The monoisotopic (exact) mass is 469 g/mol. The highest BCUT2D eigenvalue weighted by molar-refractivity contribution is 9.10. The van der Waals surface area contributed by atoms with E-state index >= 15 is 0 Å². The van der Waals surface area contributed by atoms with Gasteiger partial charge in [0.2, 0.25) is 10.0 Å². The molecule has 0 amide bonds. The highest BCUT2D eigenvalue weighted by atomic mass is 79.9. The second-order valence-corrected chi connectivity index (χ2v) is 9.55. The SMILES string of the molecule is CS(=O)(=O)N1[C@@H](c2ccc(Br)cc2)C(C(=O)O)=CC[C@H]1c1ccc(Cl)cc1. The van der Waals surface area contributed by atoms with Crippen LogP contribution in [0.2, 0.25) is 5.02 Å². The summed E-state index contributed by atoms with van der Waals surface area (Å²) in [5.74, 6) is -1.13. The molecule has 3 rings (SSSR count). The fourth-order valence-electron chi connectivity index (χ4n) is 3.34. The Morgan fingerprint density at radius 3 is 2.19 bits per heavy atom. The Morgan fingerprint density at radius 1 is 1.11 bits per heavy atom. The molecule has 1 heterocycles. The van der Waals surface area contributed by atoms with Gasteiger partial charge in [-0.2, -0.15) is 4.31 Å². The van der Waals surface area contributed by atoms with Gasteiger partial charge in [-0.25, -0.2) is 13.2 Å². The Morgan fingerprint density at radius 2 is 1.67 bits per heavy atom. The van der Waals surface area contributed by atoms with Crippen LogP contribution in [0.15, 0.2) is 64.7 Å². The molecule has 8 heteroatoms. The fraction of sp³-hybridized carbons (Fsp3) is 0.211. The third-order valence-corrected chi connectivity index (χ3v) is 6.50. The molecule has 27 heavy (non-hydrogen) atoms. The van der Waals surface area contributed by atoms with Crippen molar-refractivity contribution in [3.05, 3.63) is 80.8 Å². The summed E-state index contributed by atoms with van der Waals surface area (Å²) in [5, 5.41) is 10.2. The van der Waals surface area contributed by atoms with Crippen molar-refractivity contribution >= 4 is 43.5 Å². The van der Waals surface area contributed by atoms with E-state index in [4.69, 9.17) is 11.6 Å². The van der Waals surface area contributed by atoms with Gasteiger partial charge in [0.05, 0.1) is 23.9 Å². The molecule has 1 N–H and O–H groups in total. The highest BCUT2D eigenvalue weighted by Gasteiger charge is 2.42. The standard InChI is InChI=1S/C19H17BrClNO4S/c1-27(25,26)22-17(12-4-8-15(21)9-5-12)11-10-16(19(23)24)18(22)13-2-6-14(20)7-3-13/h2-10,17-18H,11H2,1H3,(H,23,24)/t17-,18-/m0/s1. The first-order chi connectivity index (χ1) is 12.7. The van der Waals surface area contributed by atoms with Gasteiger partial charge >= 0.3 is 5.97 Å². The van der Waals surface area contributed by atoms with Crippen molar-refractivity contribution in [1.29, 1.82) is 0 Å². The van der Waals surface area contributed by atoms with Gasteiger partial charge < -0.3 is 5.11 Å². The second-order valence-electron chi connectivity index (χ2n) is 6.31. The average Bonchev–Trinajstić information content (AvgIpc) is 2.61. The van der Waals surface area contributed by atoms with Crippen LogP contribution in [0.25, 0.3) is 0 Å². The molecule has 1 aliphatic heterocycles. The molecule has 2 atom stereocenters. The minimum absolute atomic E-state index is 0.0490.